The first-order valence-corrected chi connectivity index (χ1v) is 7.40. The molecule has 2 saturated carbocycles. The first-order valence-electron chi connectivity index (χ1n) is 6.99. The highest BCUT2D eigenvalue weighted by Crippen LogP contribution is 2.52. The zero-order valence-corrected chi connectivity index (χ0v) is 11.6. The van der Waals surface area contributed by atoms with Gasteiger partial charge in [-0.25, -0.2) is 0 Å². The number of nitrogens with zero attached hydrogens (tertiary/aromatic N) is 1. The molecule has 0 saturated heterocycles. The molecular formula is C14H22N2S. The number of hydrogen-bond acceptors (Lipinski definition) is 1. The molecule has 1 heterocycles. The third-order valence-electron chi connectivity index (χ3n) is 5.07. The molecule has 2 fully saturated rings. The van der Waals surface area contributed by atoms with Crippen LogP contribution in [0, 0.1) is 22.5 Å². The van der Waals surface area contributed by atoms with Gasteiger partial charge in [0, 0.05) is 17.9 Å². The van der Waals surface area contributed by atoms with Gasteiger partial charge in [-0.15, -0.1) is 0 Å². The molecule has 2 nitrogen and oxygen atoms in total. The van der Waals surface area contributed by atoms with Gasteiger partial charge in [0.25, 0.3) is 0 Å². The lowest BCUT2D eigenvalue weighted by Crippen LogP contribution is -2.23. The molecule has 4 unspecified atom stereocenters. The van der Waals surface area contributed by atoms with E-state index in [9.17, 15) is 0 Å². The monoisotopic (exact) mass is 250 g/mol. The number of nitrogens with one attached hydrogen (secondary N) is 1. The van der Waals surface area contributed by atoms with Gasteiger partial charge in [0.15, 0.2) is 4.77 Å². The molecule has 2 bridgehead atoms. The Morgan fingerprint density at radius 2 is 2.29 bits per heavy atom. The summed E-state index contributed by atoms with van der Waals surface area (Å²) in [7, 11) is 0. The van der Waals surface area contributed by atoms with Crippen molar-refractivity contribution < 1.29 is 0 Å². The molecule has 1 N–H and O–H groups in total. The summed E-state index contributed by atoms with van der Waals surface area (Å²) in [6.45, 7) is 4.58. The van der Waals surface area contributed by atoms with Crippen molar-refractivity contribution in [3.8, 4) is 0 Å². The van der Waals surface area contributed by atoms with Crippen LogP contribution in [0.3, 0.4) is 0 Å². The van der Waals surface area contributed by atoms with Crippen LogP contribution in [0.15, 0.2) is 6.20 Å². The van der Waals surface area contributed by atoms with Gasteiger partial charge in [0.2, 0.25) is 0 Å². The number of fused-ring (bicyclic) bond motifs is 2. The molecule has 0 aliphatic heterocycles. The predicted octanol–water partition coefficient (Wildman–Crippen LogP) is 4.11. The lowest BCUT2D eigenvalue weighted by molar-refractivity contribution is 0.238. The van der Waals surface area contributed by atoms with Gasteiger partial charge in [-0.05, 0) is 62.6 Å². The van der Waals surface area contributed by atoms with E-state index in [0.717, 1.165) is 28.9 Å². The fourth-order valence-corrected chi connectivity index (χ4v) is 4.55. The van der Waals surface area contributed by atoms with Crippen molar-refractivity contribution in [2.24, 2.45) is 17.8 Å². The number of aromatic amines is 1. The Morgan fingerprint density at radius 1 is 1.47 bits per heavy atom. The fourth-order valence-electron chi connectivity index (χ4n) is 4.21. The topological polar surface area (TPSA) is 20.7 Å². The van der Waals surface area contributed by atoms with E-state index in [1.165, 1.54) is 31.4 Å². The number of rotatable bonds is 3. The third kappa shape index (κ3) is 1.79. The summed E-state index contributed by atoms with van der Waals surface area (Å²) in [6, 6.07) is 0.582. The lowest BCUT2D eigenvalue weighted by atomic mass is 9.84. The van der Waals surface area contributed by atoms with Gasteiger partial charge in [-0.2, -0.15) is 0 Å². The smallest absolute Gasteiger partial charge is 0.177 e. The minimum atomic E-state index is 0.582. The summed E-state index contributed by atoms with van der Waals surface area (Å²) in [6.07, 6.45) is 9.01. The van der Waals surface area contributed by atoms with Crippen LogP contribution < -0.4 is 0 Å². The lowest BCUT2D eigenvalue weighted by Gasteiger charge is -2.29. The molecule has 1 aromatic rings. The maximum Gasteiger partial charge on any atom is 0.177 e. The average molecular weight is 250 g/mol. The standard InChI is InChI=1S/C14H22N2S/c1-3-12-8-15-14(17)16(12)9(2)13-7-10-4-5-11(13)6-10/h8-11,13H,3-7H2,1-2H3,(H,15,17). The second-order valence-electron chi connectivity index (χ2n) is 5.89. The molecule has 0 spiro atoms. The molecule has 2 aliphatic rings. The number of aromatic nitrogens is 2. The Hall–Kier alpha value is -0.570. The molecule has 0 amide bonds. The number of imidazole rings is 1. The van der Waals surface area contributed by atoms with Gasteiger partial charge in [-0.3, -0.25) is 0 Å². The Morgan fingerprint density at radius 3 is 2.88 bits per heavy atom. The van der Waals surface area contributed by atoms with Crippen LogP contribution in [0.25, 0.3) is 0 Å². The van der Waals surface area contributed by atoms with E-state index in [0.29, 0.717) is 6.04 Å². The van der Waals surface area contributed by atoms with Gasteiger partial charge in [0.1, 0.15) is 0 Å². The minimum absolute atomic E-state index is 0.582. The van der Waals surface area contributed by atoms with E-state index in [-0.39, 0.29) is 0 Å². The second-order valence-corrected chi connectivity index (χ2v) is 6.27. The average Bonchev–Trinajstić information content (AvgIpc) is 3.01. The second kappa shape index (κ2) is 4.27. The van der Waals surface area contributed by atoms with Crippen molar-refractivity contribution in [3.63, 3.8) is 0 Å². The van der Waals surface area contributed by atoms with Crippen molar-refractivity contribution in [1.82, 2.24) is 9.55 Å². The summed E-state index contributed by atoms with van der Waals surface area (Å²) < 4.78 is 3.29. The predicted molar refractivity (Wildman–Crippen MR) is 72.6 cm³/mol. The highest BCUT2D eigenvalue weighted by atomic mass is 32.1. The van der Waals surface area contributed by atoms with E-state index in [1.807, 2.05) is 0 Å². The van der Waals surface area contributed by atoms with Crippen LogP contribution in [-0.4, -0.2) is 9.55 Å². The van der Waals surface area contributed by atoms with Gasteiger partial charge in [-0.1, -0.05) is 13.3 Å². The summed E-state index contributed by atoms with van der Waals surface area (Å²) in [4.78, 5) is 3.21. The van der Waals surface area contributed by atoms with Gasteiger partial charge >= 0.3 is 0 Å². The van der Waals surface area contributed by atoms with E-state index in [1.54, 1.807) is 0 Å². The maximum atomic E-state index is 5.44. The third-order valence-corrected chi connectivity index (χ3v) is 5.39. The van der Waals surface area contributed by atoms with Crippen molar-refractivity contribution in [1.29, 1.82) is 0 Å². The first-order chi connectivity index (χ1) is 8.20. The first kappa shape index (κ1) is 11.5. The Labute approximate surface area is 108 Å². The number of aryl methyl sites for hydroxylation is 1. The van der Waals surface area contributed by atoms with E-state index in [2.05, 4.69) is 29.6 Å². The van der Waals surface area contributed by atoms with Crippen LogP contribution in [0.1, 0.15) is 51.3 Å². The Bertz CT molecular complexity index is 459. The normalized spacial score (nSPS) is 33.2. The highest BCUT2D eigenvalue weighted by molar-refractivity contribution is 7.71. The molecule has 3 rings (SSSR count). The minimum Gasteiger partial charge on any atom is -0.337 e. The van der Waals surface area contributed by atoms with Crippen molar-refractivity contribution in [2.75, 3.05) is 0 Å². The Kier molecular flexibility index (Phi) is 2.89. The van der Waals surface area contributed by atoms with Crippen LogP contribution >= 0.6 is 12.2 Å². The zero-order valence-electron chi connectivity index (χ0n) is 10.8. The number of H-pyrrole nitrogens is 1. The molecule has 1 aromatic heterocycles. The molecule has 3 heteroatoms. The SMILES string of the molecule is CCc1c[nH]c(=S)n1C(C)C1CC2CCC1C2. The Balaban J connectivity index is 1.88. The van der Waals surface area contributed by atoms with Crippen molar-refractivity contribution >= 4 is 12.2 Å². The van der Waals surface area contributed by atoms with Crippen LogP contribution in [0.5, 0.6) is 0 Å². The van der Waals surface area contributed by atoms with Crippen LogP contribution in [-0.2, 0) is 6.42 Å². The van der Waals surface area contributed by atoms with Crippen molar-refractivity contribution in [2.45, 2.75) is 52.0 Å². The molecule has 0 aromatic carbocycles. The molecule has 2 aliphatic carbocycles. The summed E-state index contributed by atoms with van der Waals surface area (Å²) in [5.74, 6) is 2.85. The fraction of sp³-hybridized carbons (Fsp3) is 0.786. The molecule has 17 heavy (non-hydrogen) atoms. The summed E-state index contributed by atoms with van der Waals surface area (Å²) in [5.41, 5.74) is 1.37. The van der Waals surface area contributed by atoms with Crippen LogP contribution in [0.4, 0.5) is 0 Å². The zero-order chi connectivity index (χ0) is 12.0. The number of hydrogen-bond donors (Lipinski definition) is 1. The molecule has 0 radical (unpaired) electrons. The largest absolute Gasteiger partial charge is 0.337 e. The molecular weight excluding hydrogens is 228 g/mol. The quantitative estimate of drug-likeness (QED) is 0.801. The van der Waals surface area contributed by atoms with E-state index in [4.69, 9.17) is 12.2 Å². The molecule has 94 valence electrons. The van der Waals surface area contributed by atoms with E-state index >= 15 is 0 Å². The van der Waals surface area contributed by atoms with E-state index < -0.39 is 0 Å². The van der Waals surface area contributed by atoms with Crippen molar-refractivity contribution in [3.05, 3.63) is 16.7 Å². The summed E-state index contributed by atoms with van der Waals surface area (Å²) in [5, 5.41) is 0. The molecule has 4 atom stereocenters. The maximum absolute atomic E-state index is 5.44. The highest BCUT2D eigenvalue weighted by Gasteiger charge is 2.42. The van der Waals surface area contributed by atoms with Gasteiger partial charge in [0.05, 0.1) is 0 Å². The van der Waals surface area contributed by atoms with Gasteiger partial charge < -0.3 is 9.55 Å². The van der Waals surface area contributed by atoms with Crippen LogP contribution in [0.2, 0.25) is 0 Å². The summed E-state index contributed by atoms with van der Waals surface area (Å²) >= 11 is 5.44.